The molecule has 0 saturated heterocycles. The molecule has 2 aromatic rings. The lowest BCUT2D eigenvalue weighted by atomic mass is 10.1. The molecule has 0 aliphatic heterocycles. The van der Waals surface area contributed by atoms with Crippen molar-refractivity contribution in [2.45, 2.75) is 20.8 Å². The standard InChI is InChI=1S/C17H19N3/c1-4-8-14(18-5-2)16-11-13(3)12-17(20-16)15-9-6-7-10-19-15/h4,6-12H,5H2,1-3H3/b8-4-,18-14?. The monoisotopic (exact) mass is 265 g/mol. The summed E-state index contributed by atoms with van der Waals surface area (Å²) in [6.45, 7) is 6.82. The molecular weight excluding hydrogens is 246 g/mol. The Bertz CT molecular complexity index is 628. The Kier molecular flexibility index (Phi) is 4.77. The molecule has 102 valence electrons. The van der Waals surface area contributed by atoms with Crippen molar-refractivity contribution in [3.8, 4) is 11.4 Å². The summed E-state index contributed by atoms with van der Waals surface area (Å²) in [5.74, 6) is 0. The fourth-order valence-electron chi connectivity index (χ4n) is 1.99. The SMILES string of the molecule is C/C=C\C(=NCC)c1cc(C)cc(-c2ccccn2)n1. The van der Waals surface area contributed by atoms with Crippen molar-refractivity contribution >= 4 is 5.71 Å². The Labute approximate surface area is 120 Å². The number of pyridine rings is 2. The third-order valence-electron chi connectivity index (χ3n) is 2.81. The van der Waals surface area contributed by atoms with Crippen LogP contribution in [0.15, 0.2) is 53.7 Å². The third kappa shape index (κ3) is 3.38. The molecule has 0 aliphatic rings. The van der Waals surface area contributed by atoms with E-state index in [1.807, 2.05) is 50.3 Å². The summed E-state index contributed by atoms with van der Waals surface area (Å²) in [5.41, 5.74) is 4.73. The van der Waals surface area contributed by atoms with Crippen LogP contribution in [0.25, 0.3) is 11.4 Å². The van der Waals surface area contributed by atoms with Crippen molar-refractivity contribution in [1.82, 2.24) is 9.97 Å². The highest BCUT2D eigenvalue weighted by atomic mass is 14.8. The number of aryl methyl sites for hydroxylation is 1. The summed E-state index contributed by atoms with van der Waals surface area (Å²) < 4.78 is 0. The number of hydrogen-bond acceptors (Lipinski definition) is 3. The molecule has 0 amide bonds. The van der Waals surface area contributed by atoms with E-state index >= 15 is 0 Å². The number of aromatic nitrogens is 2. The molecule has 0 bridgehead atoms. The van der Waals surface area contributed by atoms with Crippen LogP contribution in [0, 0.1) is 6.92 Å². The van der Waals surface area contributed by atoms with Gasteiger partial charge in [-0.2, -0.15) is 0 Å². The average Bonchev–Trinajstić information content (AvgIpc) is 2.47. The Morgan fingerprint density at radius 3 is 2.75 bits per heavy atom. The van der Waals surface area contributed by atoms with Gasteiger partial charge in [-0.3, -0.25) is 9.98 Å². The molecule has 0 spiro atoms. The number of hydrogen-bond donors (Lipinski definition) is 0. The maximum atomic E-state index is 4.70. The van der Waals surface area contributed by atoms with E-state index in [4.69, 9.17) is 4.98 Å². The van der Waals surface area contributed by atoms with Crippen LogP contribution in [0.3, 0.4) is 0 Å². The maximum Gasteiger partial charge on any atom is 0.0896 e. The lowest BCUT2D eigenvalue weighted by molar-refractivity contribution is 1.12. The van der Waals surface area contributed by atoms with E-state index in [1.54, 1.807) is 6.20 Å². The van der Waals surface area contributed by atoms with Gasteiger partial charge in [0.1, 0.15) is 0 Å². The van der Waals surface area contributed by atoms with Crippen LogP contribution < -0.4 is 0 Å². The Morgan fingerprint density at radius 1 is 1.25 bits per heavy atom. The lowest BCUT2D eigenvalue weighted by Gasteiger charge is -2.07. The number of aliphatic imine (C=N–C) groups is 1. The lowest BCUT2D eigenvalue weighted by Crippen LogP contribution is -2.03. The molecule has 2 rings (SSSR count). The molecule has 0 unspecified atom stereocenters. The zero-order chi connectivity index (χ0) is 14.4. The smallest absolute Gasteiger partial charge is 0.0896 e. The molecular formula is C17H19N3. The Balaban J connectivity index is 2.51. The molecule has 3 nitrogen and oxygen atoms in total. The summed E-state index contributed by atoms with van der Waals surface area (Å²) in [6, 6.07) is 9.95. The number of rotatable bonds is 4. The van der Waals surface area contributed by atoms with Gasteiger partial charge in [0, 0.05) is 12.7 Å². The van der Waals surface area contributed by atoms with Gasteiger partial charge in [0.05, 0.1) is 22.8 Å². The van der Waals surface area contributed by atoms with E-state index in [1.165, 1.54) is 0 Å². The van der Waals surface area contributed by atoms with Gasteiger partial charge >= 0.3 is 0 Å². The minimum absolute atomic E-state index is 0.744. The first-order chi connectivity index (χ1) is 9.74. The van der Waals surface area contributed by atoms with E-state index in [9.17, 15) is 0 Å². The van der Waals surface area contributed by atoms with E-state index in [0.29, 0.717) is 0 Å². The van der Waals surface area contributed by atoms with Crippen LogP contribution in [-0.2, 0) is 0 Å². The molecule has 3 heteroatoms. The first-order valence-electron chi connectivity index (χ1n) is 6.82. The van der Waals surface area contributed by atoms with E-state index in [0.717, 1.165) is 34.9 Å². The third-order valence-corrected chi connectivity index (χ3v) is 2.81. The van der Waals surface area contributed by atoms with Crippen molar-refractivity contribution in [3.05, 3.63) is 59.9 Å². The van der Waals surface area contributed by atoms with Gasteiger partial charge in [-0.15, -0.1) is 0 Å². The molecule has 0 atom stereocenters. The molecule has 0 fully saturated rings. The van der Waals surface area contributed by atoms with Gasteiger partial charge in [-0.05, 0) is 56.7 Å². The van der Waals surface area contributed by atoms with Crippen molar-refractivity contribution in [2.24, 2.45) is 4.99 Å². The van der Waals surface area contributed by atoms with Gasteiger partial charge in [0.2, 0.25) is 0 Å². The van der Waals surface area contributed by atoms with E-state index < -0.39 is 0 Å². The second-order valence-corrected chi connectivity index (χ2v) is 4.49. The van der Waals surface area contributed by atoms with E-state index in [2.05, 4.69) is 23.0 Å². The molecule has 0 aromatic carbocycles. The predicted molar refractivity (Wildman–Crippen MR) is 84.1 cm³/mol. The van der Waals surface area contributed by atoms with Crippen LogP contribution in [0.1, 0.15) is 25.1 Å². The Hall–Kier alpha value is -2.29. The van der Waals surface area contributed by atoms with Gasteiger partial charge in [-0.1, -0.05) is 12.1 Å². The van der Waals surface area contributed by atoms with E-state index in [-0.39, 0.29) is 0 Å². The summed E-state index contributed by atoms with van der Waals surface area (Å²) in [5, 5.41) is 0. The first kappa shape index (κ1) is 14.1. The second kappa shape index (κ2) is 6.75. The minimum atomic E-state index is 0.744. The first-order valence-corrected chi connectivity index (χ1v) is 6.82. The molecule has 0 aliphatic carbocycles. The van der Waals surface area contributed by atoms with Crippen LogP contribution in [0.4, 0.5) is 0 Å². The molecule has 2 aromatic heterocycles. The minimum Gasteiger partial charge on any atom is -0.283 e. The summed E-state index contributed by atoms with van der Waals surface area (Å²) in [7, 11) is 0. The fourth-order valence-corrected chi connectivity index (χ4v) is 1.99. The summed E-state index contributed by atoms with van der Waals surface area (Å²) >= 11 is 0. The summed E-state index contributed by atoms with van der Waals surface area (Å²) in [4.78, 5) is 13.6. The van der Waals surface area contributed by atoms with Gasteiger partial charge < -0.3 is 0 Å². The predicted octanol–water partition coefficient (Wildman–Crippen LogP) is 3.84. The zero-order valence-corrected chi connectivity index (χ0v) is 12.2. The average molecular weight is 265 g/mol. The fraction of sp³-hybridized carbons (Fsp3) is 0.235. The van der Waals surface area contributed by atoms with Gasteiger partial charge in [0.25, 0.3) is 0 Å². The van der Waals surface area contributed by atoms with Crippen LogP contribution in [-0.4, -0.2) is 22.2 Å². The van der Waals surface area contributed by atoms with Crippen molar-refractivity contribution < 1.29 is 0 Å². The van der Waals surface area contributed by atoms with Crippen molar-refractivity contribution in [3.63, 3.8) is 0 Å². The van der Waals surface area contributed by atoms with Crippen LogP contribution in [0.2, 0.25) is 0 Å². The molecule has 0 saturated carbocycles. The number of nitrogens with zero attached hydrogens (tertiary/aromatic N) is 3. The second-order valence-electron chi connectivity index (χ2n) is 4.49. The number of allylic oxidation sites excluding steroid dienone is 2. The quantitative estimate of drug-likeness (QED) is 0.788. The topological polar surface area (TPSA) is 38.1 Å². The Morgan fingerprint density at radius 2 is 2.10 bits per heavy atom. The van der Waals surface area contributed by atoms with Crippen molar-refractivity contribution in [2.75, 3.05) is 6.54 Å². The largest absolute Gasteiger partial charge is 0.283 e. The van der Waals surface area contributed by atoms with Crippen LogP contribution in [0.5, 0.6) is 0 Å². The molecule has 2 heterocycles. The maximum absolute atomic E-state index is 4.70. The van der Waals surface area contributed by atoms with Crippen molar-refractivity contribution in [1.29, 1.82) is 0 Å². The van der Waals surface area contributed by atoms with Crippen LogP contribution >= 0.6 is 0 Å². The highest BCUT2D eigenvalue weighted by Gasteiger charge is 2.07. The molecule has 20 heavy (non-hydrogen) atoms. The summed E-state index contributed by atoms with van der Waals surface area (Å²) in [6.07, 6.45) is 5.76. The van der Waals surface area contributed by atoms with Gasteiger partial charge in [0.15, 0.2) is 0 Å². The zero-order valence-electron chi connectivity index (χ0n) is 12.2. The molecule has 0 radical (unpaired) electrons. The highest BCUT2D eigenvalue weighted by molar-refractivity contribution is 6.07. The molecule has 0 N–H and O–H groups in total. The van der Waals surface area contributed by atoms with Gasteiger partial charge in [-0.25, -0.2) is 4.98 Å². The highest BCUT2D eigenvalue weighted by Crippen LogP contribution is 2.17. The normalized spacial score (nSPS) is 12.1.